The van der Waals surface area contributed by atoms with Gasteiger partial charge in [0.15, 0.2) is 6.10 Å². The van der Waals surface area contributed by atoms with Gasteiger partial charge in [0.25, 0.3) is 0 Å². The summed E-state index contributed by atoms with van der Waals surface area (Å²) in [7, 11) is 0. The molecule has 0 fully saturated rings. The molecule has 0 heterocycles. The molecular formula is C36H49F3O5. The van der Waals surface area contributed by atoms with E-state index in [1.54, 1.807) is 24.3 Å². The van der Waals surface area contributed by atoms with E-state index in [2.05, 4.69) is 11.7 Å². The first-order valence-electron chi connectivity index (χ1n) is 16.2. The van der Waals surface area contributed by atoms with Crippen molar-refractivity contribution in [1.29, 1.82) is 0 Å². The molecule has 0 saturated carbocycles. The van der Waals surface area contributed by atoms with Crippen LogP contribution in [0.4, 0.5) is 13.2 Å². The van der Waals surface area contributed by atoms with Crippen LogP contribution in [-0.4, -0.2) is 30.8 Å². The maximum Gasteiger partial charge on any atom is 0.425 e. The number of benzene rings is 2. The lowest BCUT2D eigenvalue weighted by molar-refractivity contribution is -0.220. The fourth-order valence-corrected chi connectivity index (χ4v) is 4.77. The summed E-state index contributed by atoms with van der Waals surface area (Å²) in [6.45, 7) is 4.89. The van der Waals surface area contributed by atoms with Crippen molar-refractivity contribution in [2.75, 3.05) is 6.61 Å². The molecule has 0 N–H and O–H groups in total. The normalized spacial score (nSPS) is 12.3. The lowest BCUT2D eigenvalue weighted by Crippen LogP contribution is -2.33. The van der Waals surface area contributed by atoms with Crippen LogP contribution in [0.3, 0.4) is 0 Å². The van der Waals surface area contributed by atoms with Crippen LogP contribution >= 0.6 is 0 Å². The van der Waals surface area contributed by atoms with Gasteiger partial charge in [0.1, 0.15) is 12.0 Å². The van der Waals surface area contributed by atoms with Gasteiger partial charge in [-0.2, -0.15) is 13.2 Å². The van der Waals surface area contributed by atoms with Crippen LogP contribution in [0, 0.1) is 0 Å². The fourth-order valence-electron chi connectivity index (χ4n) is 4.77. The topological polar surface area (TPSA) is 61.8 Å². The monoisotopic (exact) mass is 618 g/mol. The Labute approximate surface area is 261 Å². The minimum atomic E-state index is -4.66. The predicted octanol–water partition coefficient (Wildman–Crippen LogP) is 10.8. The molecular weight excluding hydrogens is 569 g/mol. The van der Waals surface area contributed by atoms with Crippen LogP contribution in [-0.2, 0) is 14.3 Å². The zero-order valence-electron chi connectivity index (χ0n) is 26.3. The Morgan fingerprint density at radius 2 is 1.20 bits per heavy atom. The van der Waals surface area contributed by atoms with E-state index in [1.165, 1.54) is 57.8 Å². The van der Waals surface area contributed by atoms with Gasteiger partial charge in [-0.15, -0.1) is 0 Å². The summed E-state index contributed by atoms with van der Waals surface area (Å²) in [5.41, 5.74) is 2.07. The zero-order chi connectivity index (χ0) is 32.0. The Morgan fingerprint density at radius 3 is 1.75 bits per heavy atom. The van der Waals surface area contributed by atoms with Crippen LogP contribution in [0.15, 0.2) is 60.9 Å². The second-order valence-corrected chi connectivity index (χ2v) is 11.2. The van der Waals surface area contributed by atoms with Gasteiger partial charge < -0.3 is 14.2 Å². The van der Waals surface area contributed by atoms with E-state index in [1.807, 2.05) is 31.2 Å². The van der Waals surface area contributed by atoms with E-state index in [0.717, 1.165) is 42.4 Å². The van der Waals surface area contributed by atoms with Crippen LogP contribution < -0.4 is 4.74 Å². The van der Waals surface area contributed by atoms with Crippen molar-refractivity contribution in [2.45, 2.75) is 122 Å². The first-order chi connectivity index (χ1) is 21.2. The maximum atomic E-state index is 13.2. The van der Waals surface area contributed by atoms with Gasteiger partial charge in [0.05, 0.1) is 18.2 Å². The van der Waals surface area contributed by atoms with Crippen LogP contribution in [0.25, 0.3) is 11.1 Å². The number of esters is 2. The molecule has 44 heavy (non-hydrogen) atoms. The molecule has 0 aliphatic rings. The molecule has 244 valence electrons. The summed E-state index contributed by atoms with van der Waals surface area (Å²) in [5.74, 6) is -1.15. The Kier molecular flexibility index (Phi) is 18.0. The van der Waals surface area contributed by atoms with Crippen LogP contribution in [0.2, 0.25) is 0 Å². The third-order valence-electron chi connectivity index (χ3n) is 7.40. The van der Waals surface area contributed by atoms with Crippen molar-refractivity contribution in [3.05, 3.63) is 66.4 Å². The predicted molar refractivity (Wildman–Crippen MR) is 168 cm³/mol. The Hall–Kier alpha value is -3.29. The summed E-state index contributed by atoms with van der Waals surface area (Å²) in [6, 6.07) is 14.4. The second kappa shape index (κ2) is 21.4. The van der Waals surface area contributed by atoms with Gasteiger partial charge in [-0.05, 0) is 54.7 Å². The number of hydrogen-bond donors (Lipinski definition) is 0. The number of rotatable bonds is 22. The molecule has 0 aromatic heterocycles. The Bertz CT molecular complexity index is 1090. The SMILES string of the molecule is CCCCCCCCCCCCOc1ccc(-c2ccc(C(=O)OC=CC(=O)O[C@H](CCCCCC)C(F)(F)F)cc2)cc1. The highest BCUT2D eigenvalue weighted by Gasteiger charge is 2.42. The Morgan fingerprint density at radius 1 is 0.705 bits per heavy atom. The molecule has 2 aromatic rings. The second-order valence-electron chi connectivity index (χ2n) is 11.2. The number of carbonyl (C=O) groups excluding carboxylic acids is 2. The maximum absolute atomic E-state index is 13.2. The summed E-state index contributed by atoms with van der Waals surface area (Å²) >= 11 is 0. The van der Waals surface area contributed by atoms with E-state index in [-0.39, 0.29) is 12.0 Å². The summed E-state index contributed by atoms with van der Waals surface area (Å²) in [5, 5.41) is 0. The van der Waals surface area contributed by atoms with Crippen molar-refractivity contribution < 1.29 is 37.0 Å². The number of alkyl halides is 3. The molecule has 0 unspecified atom stereocenters. The highest BCUT2D eigenvalue weighted by molar-refractivity contribution is 5.91. The summed E-state index contributed by atoms with van der Waals surface area (Å²) in [6.07, 6.45) is 9.73. The lowest BCUT2D eigenvalue weighted by Gasteiger charge is -2.19. The minimum absolute atomic E-state index is 0.229. The van der Waals surface area contributed by atoms with Crippen molar-refractivity contribution in [3.8, 4) is 16.9 Å². The van der Waals surface area contributed by atoms with Crippen LogP contribution in [0.1, 0.15) is 121 Å². The van der Waals surface area contributed by atoms with Crippen molar-refractivity contribution in [2.24, 2.45) is 0 Å². The minimum Gasteiger partial charge on any atom is -0.494 e. The first-order valence-corrected chi connectivity index (χ1v) is 16.2. The molecule has 0 aliphatic heterocycles. The third kappa shape index (κ3) is 15.4. The lowest BCUT2D eigenvalue weighted by atomic mass is 10.0. The van der Waals surface area contributed by atoms with Crippen molar-refractivity contribution in [3.63, 3.8) is 0 Å². The summed E-state index contributed by atoms with van der Waals surface area (Å²) < 4.78 is 54.9. The van der Waals surface area contributed by atoms with E-state index < -0.39 is 24.2 Å². The standard InChI is InChI=1S/C36H49F3O5/c1-3-5-7-9-10-11-12-13-14-16-27-42-32-24-22-30(23-25-32)29-18-20-31(21-19-29)35(41)43-28-26-34(40)44-33(36(37,38)39)17-15-8-6-4-2/h18-26,28,33H,3-17,27H2,1-2H3/t33-/m1/s1. The number of halogens is 3. The molecule has 0 spiro atoms. The van der Waals surface area contributed by atoms with E-state index in [4.69, 9.17) is 9.47 Å². The highest BCUT2D eigenvalue weighted by Crippen LogP contribution is 2.28. The van der Waals surface area contributed by atoms with E-state index in [9.17, 15) is 22.8 Å². The van der Waals surface area contributed by atoms with Crippen molar-refractivity contribution >= 4 is 11.9 Å². The number of carbonyl (C=O) groups is 2. The van der Waals surface area contributed by atoms with Crippen LogP contribution in [0.5, 0.6) is 5.75 Å². The third-order valence-corrected chi connectivity index (χ3v) is 7.40. The average molecular weight is 619 g/mol. The zero-order valence-corrected chi connectivity index (χ0v) is 26.3. The fraction of sp³-hybridized carbons (Fsp3) is 0.556. The van der Waals surface area contributed by atoms with Gasteiger partial charge in [0, 0.05) is 0 Å². The van der Waals surface area contributed by atoms with Gasteiger partial charge in [-0.3, -0.25) is 0 Å². The van der Waals surface area contributed by atoms with E-state index >= 15 is 0 Å². The molecule has 0 saturated heterocycles. The molecule has 0 amide bonds. The van der Waals surface area contributed by atoms with Gasteiger partial charge in [-0.1, -0.05) is 115 Å². The Balaban J connectivity index is 1.72. The summed E-state index contributed by atoms with van der Waals surface area (Å²) in [4.78, 5) is 24.2. The van der Waals surface area contributed by atoms with E-state index in [0.29, 0.717) is 25.5 Å². The number of unbranched alkanes of at least 4 members (excludes halogenated alkanes) is 12. The largest absolute Gasteiger partial charge is 0.494 e. The van der Waals surface area contributed by atoms with Crippen molar-refractivity contribution in [1.82, 2.24) is 0 Å². The van der Waals surface area contributed by atoms with Gasteiger partial charge >= 0.3 is 18.1 Å². The molecule has 0 bridgehead atoms. The average Bonchev–Trinajstić information content (AvgIpc) is 3.01. The molecule has 2 aromatic carbocycles. The molecule has 5 nitrogen and oxygen atoms in total. The number of ether oxygens (including phenoxy) is 3. The molecule has 2 rings (SSSR count). The quantitative estimate of drug-likeness (QED) is 0.0569. The molecule has 1 atom stereocenters. The van der Waals surface area contributed by atoms with Gasteiger partial charge in [0.2, 0.25) is 0 Å². The molecule has 0 radical (unpaired) electrons. The molecule has 8 heteroatoms. The smallest absolute Gasteiger partial charge is 0.425 e. The number of hydrogen-bond acceptors (Lipinski definition) is 5. The van der Waals surface area contributed by atoms with Gasteiger partial charge in [-0.25, -0.2) is 9.59 Å². The highest BCUT2D eigenvalue weighted by atomic mass is 19.4. The molecule has 0 aliphatic carbocycles. The first kappa shape index (κ1) is 36.9.